The first-order valence-corrected chi connectivity index (χ1v) is 5.58. The predicted molar refractivity (Wildman–Crippen MR) is 57.6 cm³/mol. The number of rotatable bonds is 1. The Bertz CT molecular complexity index is 291. The van der Waals surface area contributed by atoms with Gasteiger partial charge in [0.1, 0.15) is 0 Å². The summed E-state index contributed by atoms with van der Waals surface area (Å²) in [4.78, 5) is 11.7. The second kappa shape index (κ2) is 3.93. The summed E-state index contributed by atoms with van der Waals surface area (Å²) in [5, 5.41) is 5.98. The second-order valence-corrected chi connectivity index (χ2v) is 4.63. The second-order valence-electron chi connectivity index (χ2n) is 4.63. The van der Waals surface area contributed by atoms with E-state index in [1.807, 2.05) is 6.92 Å². The first-order valence-electron chi connectivity index (χ1n) is 5.58. The van der Waals surface area contributed by atoms with E-state index in [0.29, 0.717) is 6.42 Å². The summed E-state index contributed by atoms with van der Waals surface area (Å²) in [6.45, 7) is 6.02. The van der Waals surface area contributed by atoms with E-state index in [-0.39, 0.29) is 24.2 Å². The standard InChI is InChI=1S/C11H18N2O2/c1-7-4-11(14)13(12-7)10-5-8(2)15-9(3)6-10/h8-10H,4-6H2,1-3H3/t8-,9+,10?. The lowest BCUT2D eigenvalue weighted by Crippen LogP contribution is -2.42. The van der Waals surface area contributed by atoms with Crippen LogP contribution in [0.2, 0.25) is 0 Å². The summed E-state index contributed by atoms with van der Waals surface area (Å²) in [6, 6.07) is 0.230. The maximum absolute atomic E-state index is 11.7. The summed E-state index contributed by atoms with van der Waals surface area (Å²) < 4.78 is 5.65. The molecule has 84 valence electrons. The predicted octanol–water partition coefficient (Wildman–Crippen LogP) is 1.55. The van der Waals surface area contributed by atoms with Crippen molar-refractivity contribution in [3.63, 3.8) is 0 Å². The third-order valence-electron chi connectivity index (χ3n) is 2.96. The highest BCUT2D eigenvalue weighted by Crippen LogP contribution is 2.26. The molecule has 2 heterocycles. The van der Waals surface area contributed by atoms with Crippen LogP contribution in [-0.2, 0) is 9.53 Å². The van der Waals surface area contributed by atoms with Crippen LogP contribution in [0.3, 0.4) is 0 Å². The van der Waals surface area contributed by atoms with Crippen LogP contribution in [0.5, 0.6) is 0 Å². The number of hydrogen-bond donors (Lipinski definition) is 0. The molecule has 1 amide bonds. The SMILES string of the molecule is CC1=NN(C2C[C@@H](C)O[C@@H](C)C2)C(=O)C1. The van der Waals surface area contributed by atoms with E-state index in [1.54, 1.807) is 5.01 Å². The van der Waals surface area contributed by atoms with Crippen molar-refractivity contribution in [3.05, 3.63) is 0 Å². The van der Waals surface area contributed by atoms with Gasteiger partial charge in [0.2, 0.25) is 5.91 Å². The van der Waals surface area contributed by atoms with E-state index in [1.165, 1.54) is 0 Å². The molecule has 1 fully saturated rings. The van der Waals surface area contributed by atoms with E-state index < -0.39 is 0 Å². The molecule has 0 aromatic rings. The Balaban J connectivity index is 2.07. The van der Waals surface area contributed by atoms with Gasteiger partial charge in [-0.05, 0) is 33.6 Å². The Morgan fingerprint density at radius 3 is 2.40 bits per heavy atom. The number of carbonyl (C=O) groups is 1. The van der Waals surface area contributed by atoms with E-state index in [4.69, 9.17) is 4.74 Å². The van der Waals surface area contributed by atoms with Crippen LogP contribution in [-0.4, -0.2) is 34.9 Å². The lowest BCUT2D eigenvalue weighted by molar-refractivity contribution is -0.135. The number of hydrazone groups is 1. The van der Waals surface area contributed by atoms with E-state index in [9.17, 15) is 4.79 Å². The third-order valence-corrected chi connectivity index (χ3v) is 2.96. The molecule has 0 aromatic carbocycles. The van der Waals surface area contributed by atoms with Crippen molar-refractivity contribution < 1.29 is 9.53 Å². The summed E-state index contributed by atoms with van der Waals surface area (Å²) in [5.74, 6) is 0.138. The molecule has 0 bridgehead atoms. The number of nitrogens with zero attached hydrogens (tertiary/aromatic N) is 2. The molecule has 4 heteroatoms. The zero-order chi connectivity index (χ0) is 11.0. The van der Waals surface area contributed by atoms with Crippen LogP contribution >= 0.6 is 0 Å². The average molecular weight is 210 g/mol. The Morgan fingerprint density at radius 2 is 1.93 bits per heavy atom. The quantitative estimate of drug-likeness (QED) is 0.659. The van der Waals surface area contributed by atoms with Crippen LogP contribution in [0, 0.1) is 0 Å². The molecule has 2 aliphatic heterocycles. The Kier molecular flexibility index (Phi) is 2.78. The Labute approximate surface area is 90.3 Å². The van der Waals surface area contributed by atoms with Crippen LogP contribution in [0.15, 0.2) is 5.10 Å². The highest BCUT2D eigenvalue weighted by Gasteiger charge is 2.34. The van der Waals surface area contributed by atoms with Gasteiger partial charge in [-0.2, -0.15) is 5.10 Å². The van der Waals surface area contributed by atoms with Gasteiger partial charge in [-0.25, -0.2) is 5.01 Å². The summed E-state index contributed by atoms with van der Waals surface area (Å²) in [5.41, 5.74) is 0.923. The molecule has 0 aliphatic carbocycles. The van der Waals surface area contributed by atoms with Crippen molar-refractivity contribution in [2.24, 2.45) is 5.10 Å². The summed E-state index contributed by atoms with van der Waals surface area (Å²) in [7, 11) is 0. The van der Waals surface area contributed by atoms with Crippen LogP contribution in [0.4, 0.5) is 0 Å². The van der Waals surface area contributed by atoms with Gasteiger partial charge in [0, 0.05) is 5.71 Å². The lowest BCUT2D eigenvalue weighted by atomic mass is 9.99. The fraction of sp³-hybridized carbons (Fsp3) is 0.818. The molecule has 0 aromatic heterocycles. The van der Waals surface area contributed by atoms with Gasteiger partial charge in [-0.1, -0.05) is 0 Å². The zero-order valence-electron chi connectivity index (χ0n) is 9.56. The van der Waals surface area contributed by atoms with Crippen molar-refractivity contribution in [2.45, 2.75) is 58.3 Å². The van der Waals surface area contributed by atoms with Gasteiger partial charge in [-0.15, -0.1) is 0 Å². The molecule has 4 nitrogen and oxygen atoms in total. The fourth-order valence-electron chi connectivity index (χ4n) is 2.43. The minimum absolute atomic E-state index is 0.138. The molecule has 1 saturated heterocycles. The van der Waals surface area contributed by atoms with Gasteiger partial charge in [-0.3, -0.25) is 4.79 Å². The summed E-state index contributed by atoms with van der Waals surface area (Å²) >= 11 is 0. The van der Waals surface area contributed by atoms with Crippen LogP contribution in [0.25, 0.3) is 0 Å². The number of ether oxygens (including phenoxy) is 1. The molecule has 2 rings (SSSR count). The van der Waals surface area contributed by atoms with Gasteiger partial charge in [0.05, 0.1) is 24.7 Å². The topological polar surface area (TPSA) is 41.9 Å². The molecule has 1 unspecified atom stereocenters. The van der Waals surface area contributed by atoms with Crippen molar-refractivity contribution in [2.75, 3.05) is 0 Å². The van der Waals surface area contributed by atoms with Crippen molar-refractivity contribution >= 4 is 11.6 Å². The third kappa shape index (κ3) is 2.20. The maximum atomic E-state index is 11.7. The molecule has 3 atom stereocenters. The van der Waals surface area contributed by atoms with Gasteiger partial charge < -0.3 is 4.74 Å². The van der Waals surface area contributed by atoms with E-state index in [0.717, 1.165) is 18.6 Å². The van der Waals surface area contributed by atoms with Crippen molar-refractivity contribution in [3.8, 4) is 0 Å². The molecule has 0 N–H and O–H groups in total. The van der Waals surface area contributed by atoms with Gasteiger partial charge >= 0.3 is 0 Å². The van der Waals surface area contributed by atoms with E-state index >= 15 is 0 Å². The van der Waals surface area contributed by atoms with Crippen LogP contribution in [0.1, 0.15) is 40.0 Å². The first kappa shape index (κ1) is 10.6. The van der Waals surface area contributed by atoms with E-state index in [2.05, 4.69) is 18.9 Å². The molecule has 15 heavy (non-hydrogen) atoms. The average Bonchev–Trinajstić information content (AvgIpc) is 2.43. The highest BCUT2D eigenvalue weighted by molar-refractivity contribution is 6.03. The highest BCUT2D eigenvalue weighted by atomic mass is 16.5. The molecular formula is C11H18N2O2. The Morgan fingerprint density at radius 1 is 1.33 bits per heavy atom. The first-order chi connectivity index (χ1) is 7.06. The number of hydrogen-bond acceptors (Lipinski definition) is 3. The molecule has 0 radical (unpaired) electrons. The monoisotopic (exact) mass is 210 g/mol. The molecule has 0 spiro atoms. The van der Waals surface area contributed by atoms with Gasteiger partial charge in [0.25, 0.3) is 0 Å². The summed E-state index contributed by atoms with van der Waals surface area (Å²) in [6.07, 6.45) is 2.73. The zero-order valence-corrected chi connectivity index (χ0v) is 9.56. The molecule has 2 aliphatic rings. The minimum Gasteiger partial charge on any atom is -0.375 e. The number of amides is 1. The van der Waals surface area contributed by atoms with Gasteiger partial charge in [0.15, 0.2) is 0 Å². The normalized spacial score (nSPS) is 37.0. The lowest BCUT2D eigenvalue weighted by Gasteiger charge is -2.35. The largest absolute Gasteiger partial charge is 0.375 e. The fourth-order valence-corrected chi connectivity index (χ4v) is 2.43. The molecular weight excluding hydrogens is 192 g/mol. The van der Waals surface area contributed by atoms with Crippen molar-refractivity contribution in [1.82, 2.24) is 5.01 Å². The van der Waals surface area contributed by atoms with Crippen molar-refractivity contribution in [1.29, 1.82) is 0 Å². The van der Waals surface area contributed by atoms with Crippen LogP contribution < -0.4 is 0 Å². The number of carbonyl (C=O) groups excluding carboxylic acids is 1. The smallest absolute Gasteiger partial charge is 0.248 e. The minimum atomic E-state index is 0.138. The molecule has 0 saturated carbocycles. The Hall–Kier alpha value is -0.900. The maximum Gasteiger partial charge on any atom is 0.248 e.